The Morgan fingerprint density at radius 2 is 1.35 bits per heavy atom. The molecule has 0 aromatic carbocycles. The van der Waals surface area contributed by atoms with E-state index in [4.69, 9.17) is 0 Å². The van der Waals surface area contributed by atoms with E-state index in [2.05, 4.69) is 27.7 Å². The quantitative estimate of drug-likeness (QED) is 0.741. The van der Waals surface area contributed by atoms with E-state index in [9.17, 15) is 10.2 Å². The molecule has 1 saturated carbocycles. The molecule has 0 aliphatic heterocycles. The summed E-state index contributed by atoms with van der Waals surface area (Å²) in [5, 5.41) is 20.2. The van der Waals surface area contributed by atoms with Gasteiger partial charge in [-0.3, -0.25) is 0 Å². The second kappa shape index (κ2) is 6.75. The fourth-order valence-electron chi connectivity index (χ4n) is 2.85. The number of aliphatic hydroxyl groups excluding tert-OH is 2. The van der Waals surface area contributed by atoms with Crippen LogP contribution in [0.5, 0.6) is 0 Å². The summed E-state index contributed by atoms with van der Waals surface area (Å²) >= 11 is 0. The van der Waals surface area contributed by atoms with Gasteiger partial charge in [0.1, 0.15) is 0 Å². The minimum Gasteiger partial charge on any atom is -0.393 e. The van der Waals surface area contributed by atoms with Crippen molar-refractivity contribution in [2.75, 3.05) is 0 Å². The Hall–Kier alpha value is -0.0800. The van der Waals surface area contributed by atoms with Gasteiger partial charge in [-0.15, -0.1) is 0 Å². The third-order valence-electron chi connectivity index (χ3n) is 4.71. The Morgan fingerprint density at radius 1 is 0.824 bits per heavy atom. The van der Waals surface area contributed by atoms with Crippen molar-refractivity contribution in [3.63, 3.8) is 0 Å². The van der Waals surface area contributed by atoms with Crippen LogP contribution < -0.4 is 0 Å². The predicted molar refractivity (Wildman–Crippen MR) is 71.8 cm³/mol. The predicted octanol–water partition coefficient (Wildman–Crippen LogP) is 3.22. The van der Waals surface area contributed by atoms with Gasteiger partial charge in [-0.05, 0) is 55.8 Å². The van der Waals surface area contributed by atoms with Gasteiger partial charge in [-0.1, -0.05) is 27.7 Å². The van der Waals surface area contributed by atoms with Crippen LogP contribution in [0.25, 0.3) is 0 Å². The van der Waals surface area contributed by atoms with Crippen molar-refractivity contribution < 1.29 is 10.2 Å². The lowest BCUT2D eigenvalue weighted by molar-refractivity contribution is 0.0375. The highest BCUT2D eigenvalue weighted by molar-refractivity contribution is 4.77. The first-order chi connectivity index (χ1) is 7.91. The second-order valence-electron chi connectivity index (χ2n) is 6.48. The molecule has 0 spiro atoms. The summed E-state index contributed by atoms with van der Waals surface area (Å²) in [6.45, 7) is 8.76. The highest BCUT2D eigenvalue weighted by Crippen LogP contribution is 2.31. The summed E-state index contributed by atoms with van der Waals surface area (Å²) in [5.41, 5.74) is 0. The van der Waals surface area contributed by atoms with E-state index in [1.807, 2.05) is 0 Å². The summed E-state index contributed by atoms with van der Waals surface area (Å²) in [6.07, 6.45) is 4.56. The Kier molecular flexibility index (Phi) is 5.94. The molecular formula is C15H30O2. The van der Waals surface area contributed by atoms with Gasteiger partial charge in [0.25, 0.3) is 0 Å². The molecule has 1 rings (SSSR count). The molecule has 2 heteroatoms. The average molecular weight is 242 g/mol. The number of hydrogen-bond donors (Lipinski definition) is 2. The lowest BCUT2D eigenvalue weighted by Gasteiger charge is -2.31. The van der Waals surface area contributed by atoms with Gasteiger partial charge in [0.15, 0.2) is 0 Å². The maximum atomic E-state index is 10.2. The van der Waals surface area contributed by atoms with Crippen molar-refractivity contribution >= 4 is 0 Å². The van der Waals surface area contributed by atoms with Crippen LogP contribution in [0.4, 0.5) is 0 Å². The molecule has 0 heterocycles. The molecule has 0 aromatic rings. The molecule has 1 aliphatic rings. The van der Waals surface area contributed by atoms with Crippen LogP contribution >= 0.6 is 0 Å². The largest absolute Gasteiger partial charge is 0.393 e. The molecule has 0 unspecified atom stereocenters. The molecule has 0 saturated heterocycles. The van der Waals surface area contributed by atoms with Crippen LogP contribution in [0.3, 0.4) is 0 Å². The average Bonchev–Trinajstić information content (AvgIpc) is 2.28. The Bertz CT molecular complexity index is 215. The van der Waals surface area contributed by atoms with E-state index >= 15 is 0 Å². The monoisotopic (exact) mass is 242 g/mol. The topological polar surface area (TPSA) is 40.5 Å². The smallest absolute Gasteiger partial charge is 0.0568 e. The van der Waals surface area contributed by atoms with Crippen molar-refractivity contribution in [1.29, 1.82) is 0 Å². The van der Waals surface area contributed by atoms with E-state index < -0.39 is 0 Å². The van der Waals surface area contributed by atoms with Crippen LogP contribution in [0.1, 0.15) is 59.8 Å². The number of rotatable bonds is 1. The van der Waals surface area contributed by atoms with Gasteiger partial charge in [-0.2, -0.15) is 0 Å². The van der Waals surface area contributed by atoms with Gasteiger partial charge < -0.3 is 10.2 Å². The van der Waals surface area contributed by atoms with Crippen molar-refractivity contribution in [2.45, 2.75) is 72.0 Å². The van der Waals surface area contributed by atoms with Crippen LogP contribution in [0.2, 0.25) is 0 Å². The third-order valence-corrected chi connectivity index (χ3v) is 4.71. The number of hydrogen-bond acceptors (Lipinski definition) is 2. The summed E-state index contributed by atoms with van der Waals surface area (Å²) in [5.74, 6) is 1.94. The second-order valence-corrected chi connectivity index (χ2v) is 6.48. The molecule has 0 amide bonds. The standard InChI is InChI=1S/C15H30O2/c1-10(2)13-7-5-11(3)14(16)8-6-12(4)15(17)9-13/h10-17H,5-9H2,1-4H3/t11-,12+,13+,14+,15-/m1/s1. The van der Waals surface area contributed by atoms with E-state index in [1.54, 1.807) is 0 Å². The van der Waals surface area contributed by atoms with Crippen molar-refractivity contribution in [1.82, 2.24) is 0 Å². The van der Waals surface area contributed by atoms with Crippen LogP contribution in [-0.4, -0.2) is 22.4 Å². The molecule has 1 fully saturated rings. The van der Waals surface area contributed by atoms with Gasteiger partial charge in [0.05, 0.1) is 12.2 Å². The van der Waals surface area contributed by atoms with E-state index in [0.717, 1.165) is 32.1 Å². The Balaban J connectivity index is 2.66. The third kappa shape index (κ3) is 4.59. The zero-order chi connectivity index (χ0) is 13.0. The maximum absolute atomic E-state index is 10.2. The number of aliphatic hydroxyl groups is 2. The van der Waals surface area contributed by atoms with Crippen LogP contribution in [0, 0.1) is 23.7 Å². The van der Waals surface area contributed by atoms with Crippen LogP contribution in [0.15, 0.2) is 0 Å². The highest BCUT2D eigenvalue weighted by atomic mass is 16.3. The van der Waals surface area contributed by atoms with E-state index in [0.29, 0.717) is 23.7 Å². The van der Waals surface area contributed by atoms with Crippen molar-refractivity contribution in [3.8, 4) is 0 Å². The summed E-state index contributed by atoms with van der Waals surface area (Å²) < 4.78 is 0. The zero-order valence-corrected chi connectivity index (χ0v) is 11.9. The van der Waals surface area contributed by atoms with Gasteiger partial charge in [0, 0.05) is 0 Å². The minimum absolute atomic E-state index is 0.185. The zero-order valence-electron chi connectivity index (χ0n) is 11.9. The molecule has 2 N–H and O–H groups in total. The van der Waals surface area contributed by atoms with Gasteiger partial charge in [0.2, 0.25) is 0 Å². The molecule has 17 heavy (non-hydrogen) atoms. The van der Waals surface area contributed by atoms with E-state index in [-0.39, 0.29) is 12.2 Å². The van der Waals surface area contributed by atoms with Gasteiger partial charge in [-0.25, -0.2) is 0 Å². The summed E-state index contributed by atoms with van der Waals surface area (Å²) in [4.78, 5) is 0. The lowest BCUT2D eigenvalue weighted by Crippen LogP contribution is -2.29. The van der Waals surface area contributed by atoms with E-state index in [1.165, 1.54) is 0 Å². The lowest BCUT2D eigenvalue weighted by atomic mass is 9.78. The molecule has 0 aromatic heterocycles. The molecule has 1 aliphatic carbocycles. The molecule has 0 bridgehead atoms. The first-order valence-electron chi connectivity index (χ1n) is 7.28. The first kappa shape index (κ1) is 15.0. The molecule has 2 nitrogen and oxygen atoms in total. The van der Waals surface area contributed by atoms with Crippen LogP contribution in [-0.2, 0) is 0 Å². The fraction of sp³-hybridized carbons (Fsp3) is 1.00. The Morgan fingerprint density at radius 3 is 1.94 bits per heavy atom. The highest BCUT2D eigenvalue weighted by Gasteiger charge is 2.26. The molecular weight excluding hydrogens is 212 g/mol. The summed E-state index contributed by atoms with van der Waals surface area (Å²) in [6, 6.07) is 0. The van der Waals surface area contributed by atoms with Gasteiger partial charge >= 0.3 is 0 Å². The minimum atomic E-state index is -0.192. The molecule has 0 radical (unpaired) electrons. The van der Waals surface area contributed by atoms with Crippen molar-refractivity contribution in [2.24, 2.45) is 23.7 Å². The molecule has 102 valence electrons. The molecule has 5 atom stereocenters. The first-order valence-corrected chi connectivity index (χ1v) is 7.28. The van der Waals surface area contributed by atoms with Crippen molar-refractivity contribution in [3.05, 3.63) is 0 Å². The Labute approximate surface area is 106 Å². The fourth-order valence-corrected chi connectivity index (χ4v) is 2.85. The summed E-state index contributed by atoms with van der Waals surface area (Å²) in [7, 11) is 0. The maximum Gasteiger partial charge on any atom is 0.0568 e. The normalized spacial score (nSPS) is 41.5. The SMILES string of the molecule is CC(C)[C@H]1CC[C@@H](C)[C@@H](O)CC[C@H](C)[C@H](O)C1.